The smallest absolute Gasteiger partial charge is 0.00977 e. The molecule has 0 saturated heterocycles. The maximum atomic E-state index is 3.98. The van der Waals surface area contributed by atoms with Crippen LogP contribution in [0.4, 0.5) is 0 Å². The highest BCUT2D eigenvalue weighted by molar-refractivity contribution is 5.02. The van der Waals surface area contributed by atoms with Gasteiger partial charge in [-0.3, -0.25) is 0 Å². The van der Waals surface area contributed by atoms with Gasteiger partial charge in [0.25, 0.3) is 0 Å². The van der Waals surface area contributed by atoms with Crippen LogP contribution >= 0.6 is 0 Å². The van der Waals surface area contributed by atoms with Crippen LogP contribution in [-0.2, 0) is 0 Å². The van der Waals surface area contributed by atoms with Crippen molar-refractivity contribution in [3.63, 3.8) is 0 Å². The summed E-state index contributed by atoms with van der Waals surface area (Å²) in [5.41, 5.74) is 1.94. The molecule has 0 N–H and O–H groups in total. The fourth-order valence-electron chi connectivity index (χ4n) is 1.44. The van der Waals surface area contributed by atoms with Crippen molar-refractivity contribution in [2.75, 3.05) is 0 Å². The Labute approximate surface area is 90.1 Å². The molecule has 0 aliphatic heterocycles. The molecule has 0 heterocycles. The van der Waals surface area contributed by atoms with Crippen LogP contribution in [0.2, 0.25) is 0 Å². The van der Waals surface area contributed by atoms with Gasteiger partial charge in [0.05, 0.1) is 0 Å². The van der Waals surface area contributed by atoms with Crippen molar-refractivity contribution in [3.05, 3.63) is 24.3 Å². The van der Waals surface area contributed by atoms with Crippen LogP contribution in [0, 0.1) is 10.8 Å². The topological polar surface area (TPSA) is 0 Å². The number of allylic oxidation sites excluding steroid dienone is 3. The van der Waals surface area contributed by atoms with Crippen LogP contribution in [0.25, 0.3) is 0 Å². The first-order valence-electron chi connectivity index (χ1n) is 5.50. The minimum absolute atomic E-state index is 0.235. The third-order valence-electron chi connectivity index (χ3n) is 3.38. The lowest BCUT2D eigenvalue weighted by Crippen LogP contribution is -2.30. The van der Waals surface area contributed by atoms with Crippen LogP contribution in [0.3, 0.4) is 0 Å². The maximum Gasteiger partial charge on any atom is -0.00977 e. The molecule has 0 spiro atoms. The summed E-state index contributed by atoms with van der Waals surface area (Å²) >= 11 is 0. The van der Waals surface area contributed by atoms with Crippen molar-refractivity contribution in [1.29, 1.82) is 0 Å². The second kappa shape index (κ2) is 4.82. The van der Waals surface area contributed by atoms with Crippen molar-refractivity contribution in [2.24, 2.45) is 10.8 Å². The summed E-state index contributed by atoms with van der Waals surface area (Å²) in [6.45, 7) is 17.5. The summed E-state index contributed by atoms with van der Waals surface area (Å²) in [4.78, 5) is 0. The van der Waals surface area contributed by atoms with E-state index < -0.39 is 0 Å². The zero-order valence-corrected chi connectivity index (χ0v) is 10.8. The van der Waals surface area contributed by atoms with E-state index in [4.69, 9.17) is 0 Å². The predicted octanol–water partition coefficient (Wildman–Crippen LogP) is 4.97. The highest BCUT2D eigenvalue weighted by atomic mass is 14.4. The maximum absolute atomic E-state index is 3.98. The zero-order valence-electron chi connectivity index (χ0n) is 10.8. The molecule has 0 radical (unpaired) electrons. The monoisotopic (exact) mass is 194 g/mol. The molecule has 0 rings (SSSR count). The van der Waals surface area contributed by atoms with E-state index in [2.05, 4.69) is 60.3 Å². The van der Waals surface area contributed by atoms with Crippen molar-refractivity contribution in [3.8, 4) is 0 Å². The van der Waals surface area contributed by atoms with E-state index in [0.29, 0.717) is 5.41 Å². The Bertz CT molecular complexity index is 211. The van der Waals surface area contributed by atoms with Crippen LogP contribution in [0.1, 0.15) is 54.4 Å². The molecule has 0 aromatic heterocycles. The molecule has 14 heavy (non-hydrogen) atoms. The predicted molar refractivity (Wildman–Crippen MR) is 66.4 cm³/mol. The van der Waals surface area contributed by atoms with Crippen molar-refractivity contribution in [1.82, 2.24) is 0 Å². The van der Waals surface area contributed by atoms with Crippen molar-refractivity contribution >= 4 is 0 Å². The van der Waals surface area contributed by atoms with Crippen LogP contribution in [-0.4, -0.2) is 0 Å². The molecule has 0 heteroatoms. The first kappa shape index (κ1) is 13.5. The lowest BCUT2D eigenvalue weighted by atomic mass is 9.65. The van der Waals surface area contributed by atoms with E-state index in [1.54, 1.807) is 0 Å². The van der Waals surface area contributed by atoms with Gasteiger partial charge in [-0.2, -0.15) is 0 Å². The number of hydrogen-bond acceptors (Lipinski definition) is 0. The molecule has 0 aliphatic rings. The third-order valence-corrected chi connectivity index (χ3v) is 3.38. The van der Waals surface area contributed by atoms with Gasteiger partial charge in [-0.15, -0.1) is 6.58 Å². The second-order valence-electron chi connectivity index (χ2n) is 5.69. The van der Waals surface area contributed by atoms with E-state index in [-0.39, 0.29) is 5.41 Å². The summed E-state index contributed by atoms with van der Waals surface area (Å²) in [5.74, 6) is 0. The Morgan fingerprint density at radius 1 is 1.14 bits per heavy atom. The van der Waals surface area contributed by atoms with Gasteiger partial charge >= 0.3 is 0 Å². The van der Waals surface area contributed by atoms with Gasteiger partial charge < -0.3 is 0 Å². The molecular weight excluding hydrogens is 168 g/mol. The van der Waals surface area contributed by atoms with Crippen LogP contribution < -0.4 is 0 Å². The Morgan fingerprint density at radius 2 is 1.64 bits per heavy atom. The summed E-state index contributed by atoms with van der Waals surface area (Å²) in [7, 11) is 0. The highest BCUT2D eigenvalue weighted by Gasteiger charge is 2.33. The van der Waals surface area contributed by atoms with E-state index >= 15 is 0 Å². The van der Waals surface area contributed by atoms with Crippen molar-refractivity contribution < 1.29 is 0 Å². The van der Waals surface area contributed by atoms with Gasteiger partial charge in [0, 0.05) is 0 Å². The average molecular weight is 194 g/mol. The lowest BCUT2D eigenvalue weighted by Gasteiger charge is -2.39. The Balaban J connectivity index is 4.43. The third kappa shape index (κ3) is 3.69. The fraction of sp³-hybridized carbons (Fsp3) is 0.714. The molecule has 0 saturated carbocycles. The first-order chi connectivity index (χ1) is 6.23. The van der Waals surface area contributed by atoms with Gasteiger partial charge in [0.2, 0.25) is 0 Å². The Hall–Kier alpha value is -0.520. The molecule has 0 aliphatic carbocycles. The number of rotatable bonds is 4. The molecule has 0 bridgehead atoms. The average Bonchev–Trinajstić information content (AvgIpc) is 2.01. The van der Waals surface area contributed by atoms with Crippen LogP contribution in [0.15, 0.2) is 24.3 Å². The van der Waals surface area contributed by atoms with E-state index in [0.717, 1.165) is 6.42 Å². The minimum atomic E-state index is 0.235. The summed E-state index contributed by atoms with van der Waals surface area (Å²) in [5, 5.41) is 0. The Morgan fingerprint density at radius 3 is 1.93 bits per heavy atom. The second-order valence-corrected chi connectivity index (χ2v) is 5.69. The van der Waals surface area contributed by atoms with Crippen LogP contribution in [0.5, 0.6) is 0 Å². The molecular formula is C14H26. The summed E-state index contributed by atoms with van der Waals surface area (Å²) < 4.78 is 0. The minimum Gasteiger partial charge on any atom is -0.103 e. The van der Waals surface area contributed by atoms with Gasteiger partial charge in [-0.1, -0.05) is 45.4 Å². The first-order valence-corrected chi connectivity index (χ1v) is 5.50. The molecule has 0 fully saturated rings. The van der Waals surface area contributed by atoms with Gasteiger partial charge in [0.1, 0.15) is 0 Å². The molecule has 1 atom stereocenters. The van der Waals surface area contributed by atoms with E-state index in [9.17, 15) is 0 Å². The summed E-state index contributed by atoms with van der Waals surface area (Å²) in [6.07, 6.45) is 6.77. The molecule has 82 valence electrons. The molecule has 1 unspecified atom stereocenters. The molecule has 0 nitrogen and oxygen atoms in total. The molecule has 0 amide bonds. The zero-order chi connectivity index (χ0) is 11.4. The summed E-state index contributed by atoms with van der Waals surface area (Å²) in [6, 6.07) is 0. The molecule has 0 aromatic carbocycles. The van der Waals surface area contributed by atoms with Gasteiger partial charge in [-0.05, 0) is 37.5 Å². The Kier molecular flexibility index (Phi) is 4.64. The quantitative estimate of drug-likeness (QED) is 0.554. The van der Waals surface area contributed by atoms with E-state index in [1.807, 2.05) is 0 Å². The lowest BCUT2D eigenvalue weighted by molar-refractivity contribution is 0.157. The van der Waals surface area contributed by atoms with Gasteiger partial charge in [-0.25, -0.2) is 0 Å². The fourth-order valence-corrected chi connectivity index (χ4v) is 1.44. The van der Waals surface area contributed by atoms with Crippen molar-refractivity contribution in [2.45, 2.75) is 54.4 Å². The largest absolute Gasteiger partial charge is 0.103 e. The van der Waals surface area contributed by atoms with E-state index in [1.165, 1.54) is 12.0 Å². The SMILES string of the molecule is C=CC(C)(CCC=C(C)C)C(C)(C)C. The number of hydrogen-bond donors (Lipinski definition) is 0. The van der Waals surface area contributed by atoms with Gasteiger partial charge in [0.15, 0.2) is 0 Å². The highest BCUT2D eigenvalue weighted by Crippen LogP contribution is 2.43. The standard InChI is InChI=1S/C14H26/c1-8-14(7,13(4,5)6)11-9-10-12(2)3/h8,10H,1,9,11H2,2-7H3. The molecule has 0 aromatic rings. The normalized spacial score (nSPS) is 15.9.